The van der Waals surface area contributed by atoms with Crippen LogP contribution in [0.25, 0.3) is 0 Å². The molecule has 0 bridgehead atoms. The topological polar surface area (TPSA) is 62.8 Å². The standard InChI is InChI=1S/C18H21N3O3S/c22-18(19-8-13-1-2-16-17(7-13)24-12-23-16)20-15-3-5-21(10-15)9-14-4-6-25-11-14/h1-2,4,6-7,11,15H,3,5,8-10,12H2,(H2,19,20,22). The highest BCUT2D eigenvalue weighted by molar-refractivity contribution is 7.07. The van der Waals surface area contributed by atoms with Gasteiger partial charge in [0.05, 0.1) is 0 Å². The van der Waals surface area contributed by atoms with Gasteiger partial charge in [-0.1, -0.05) is 6.07 Å². The van der Waals surface area contributed by atoms with Gasteiger partial charge in [-0.05, 0) is 46.5 Å². The van der Waals surface area contributed by atoms with Crippen LogP contribution in [0.4, 0.5) is 4.79 Å². The molecule has 4 rings (SSSR count). The van der Waals surface area contributed by atoms with Gasteiger partial charge in [-0.3, -0.25) is 4.90 Å². The maximum atomic E-state index is 12.1. The fraction of sp³-hybridized carbons (Fsp3) is 0.389. The fourth-order valence-electron chi connectivity index (χ4n) is 3.20. The number of fused-ring (bicyclic) bond motifs is 1. The number of carbonyl (C=O) groups excluding carboxylic acids is 1. The fourth-order valence-corrected chi connectivity index (χ4v) is 3.86. The molecule has 1 aromatic heterocycles. The zero-order valence-electron chi connectivity index (χ0n) is 13.9. The molecule has 2 aromatic rings. The Kier molecular flexibility index (Phi) is 4.76. The van der Waals surface area contributed by atoms with E-state index in [1.165, 1.54) is 5.56 Å². The van der Waals surface area contributed by atoms with Crippen LogP contribution in [0.15, 0.2) is 35.0 Å². The lowest BCUT2D eigenvalue weighted by atomic mass is 10.2. The first-order chi connectivity index (χ1) is 12.3. The van der Waals surface area contributed by atoms with Crippen molar-refractivity contribution in [3.63, 3.8) is 0 Å². The first-order valence-electron chi connectivity index (χ1n) is 8.42. The minimum atomic E-state index is -0.125. The molecule has 1 unspecified atom stereocenters. The second-order valence-corrected chi connectivity index (χ2v) is 7.15. The molecule has 25 heavy (non-hydrogen) atoms. The predicted octanol–water partition coefficient (Wildman–Crippen LogP) is 2.55. The molecule has 2 amide bonds. The number of carbonyl (C=O) groups is 1. The van der Waals surface area contributed by atoms with Crippen LogP contribution in [0, 0.1) is 0 Å². The Morgan fingerprint density at radius 1 is 1.24 bits per heavy atom. The summed E-state index contributed by atoms with van der Waals surface area (Å²) in [7, 11) is 0. The van der Waals surface area contributed by atoms with E-state index in [1.54, 1.807) is 11.3 Å². The molecule has 0 radical (unpaired) electrons. The van der Waals surface area contributed by atoms with Gasteiger partial charge in [-0.25, -0.2) is 4.79 Å². The van der Waals surface area contributed by atoms with Crippen LogP contribution in [0.1, 0.15) is 17.5 Å². The maximum absolute atomic E-state index is 12.1. The number of nitrogens with zero attached hydrogens (tertiary/aromatic N) is 1. The molecule has 7 heteroatoms. The number of thiophene rings is 1. The van der Waals surface area contributed by atoms with Gasteiger partial charge >= 0.3 is 6.03 Å². The van der Waals surface area contributed by atoms with Gasteiger partial charge in [0.25, 0.3) is 0 Å². The Balaban J connectivity index is 1.21. The molecule has 1 atom stereocenters. The molecule has 6 nitrogen and oxygen atoms in total. The number of likely N-dealkylation sites (tertiary alicyclic amines) is 1. The quantitative estimate of drug-likeness (QED) is 0.861. The van der Waals surface area contributed by atoms with Gasteiger partial charge in [0.2, 0.25) is 6.79 Å². The Labute approximate surface area is 150 Å². The van der Waals surface area contributed by atoms with Gasteiger partial charge < -0.3 is 20.1 Å². The van der Waals surface area contributed by atoms with E-state index in [2.05, 4.69) is 32.4 Å². The number of amides is 2. The summed E-state index contributed by atoms with van der Waals surface area (Å²) in [5.74, 6) is 1.49. The monoisotopic (exact) mass is 359 g/mol. The number of hydrogen-bond donors (Lipinski definition) is 2. The number of hydrogen-bond acceptors (Lipinski definition) is 5. The van der Waals surface area contributed by atoms with Crippen molar-refractivity contribution in [2.75, 3.05) is 19.9 Å². The summed E-state index contributed by atoms with van der Waals surface area (Å²) in [4.78, 5) is 14.5. The predicted molar refractivity (Wildman–Crippen MR) is 95.9 cm³/mol. The number of benzene rings is 1. The summed E-state index contributed by atoms with van der Waals surface area (Å²) < 4.78 is 10.6. The first-order valence-corrected chi connectivity index (χ1v) is 9.37. The third-order valence-electron chi connectivity index (χ3n) is 4.48. The van der Waals surface area contributed by atoms with Crippen molar-refractivity contribution in [1.29, 1.82) is 0 Å². The van der Waals surface area contributed by atoms with Crippen LogP contribution in [0.5, 0.6) is 11.5 Å². The summed E-state index contributed by atoms with van der Waals surface area (Å²) in [5.41, 5.74) is 2.34. The summed E-state index contributed by atoms with van der Waals surface area (Å²) in [6, 6.07) is 7.95. The summed E-state index contributed by atoms with van der Waals surface area (Å²) in [5, 5.41) is 10.3. The summed E-state index contributed by atoms with van der Waals surface area (Å²) in [6.07, 6.45) is 0.988. The highest BCUT2D eigenvalue weighted by atomic mass is 32.1. The summed E-state index contributed by atoms with van der Waals surface area (Å²) >= 11 is 1.72. The SMILES string of the molecule is O=C(NCc1ccc2c(c1)OCO2)NC1CCN(Cc2ccsc2)C1. The number of rotatable bonds is 5. The summed E-state index contributed by atoms with van der Waals surface area (Å²) in [6.45, 7) is 3.60. The number of nitrogens with one attached hydrogen (secondary N) is 2. The molecule has 0 spiro atoms. The van der Waals surface area contributed by atoms with Crippen LogP contribution >= 0.6 is 11.3 Å². The van der Waals surface area contributed by atoms with Crippen LogP contribution in [-0.4, -0.2) is 36.9 Å². The average Bonchev–Trinajstić information content (AvgIpc) is 3.35. The largest absolute Gasteiger partial charge is 0.454 e. The zero-order chi connectivity index (χ0) is 17.1. The van der Waals surface area contributed by atoms with E-state index in [1.807, 2.05) is 18.2 Å². The van der Waals surface area contributed by atoms with E-state index in [-0.39, 0.29) is 18.9 Å². The van der Waals surface area contributed by atoms with Crippen LogP contribution in [0.3, 0.4) is 0 Å². The van der Waals surface area contributed by atoms with Gasteiger partial charge in [0.15, 0.2) is 11.5 Å². The number of urea groups is 1. The molecule has 1 aromatic carbocycles. The van der Waals surface area contributed by atoms with E-state index in [9.17, 15) is 4.79 Å². The van der Waals surface area contributed by atoms with Crippen molar-refractivity contribution >= 4 is 17.4 Å². The molecule has 2 N–H and O–H groups in total. The third-order valence-corrected chi connectivity index (χ3v) is 5.22. The molecule has 3 heterocycles. The van der Waals surface area contributed by atoms with E-state index in [0.29, 0.717) is 6.54 Å². The zero-order valence-corrected chi connectivity index (χ0v) is 14.7. The Hall–Kier alpha value is -2.25. The minimum Gasteiger partial charge on any atom is -0.454 e. The highest BCUT2D eigenvalue weighted by Crippen LogP contribution is 2.32. The lowest BCUT2D eigenvalue weighted by molar-refractivity contribution is 0.174. The normalized spacial score (nSPS) is 19.1. The van der Waals surface area contributed by atoms with Gasteiger partial charge in [-0.15, -0.1) is 0 Å². The van der Waals surface area contributed by atoms with Gasteiger partial charge in [-0.2, -0.15) is 11.3 Å². The lowest BCUT2D eigenvalue weighted by Gasteiger charge is -2.16. The molecular formula is C18H21N3O3S. The Morgan fingerprint density at radius 2 is 2.16 bits per heavy atom. The molecule has 2 aliphatic rings. The molecule has 1 saturated heterocycles. The van der Waals surface area contributed by atoms with Crippen molar-refractivity contribution < 1.29 is 14.3 Å². The van der Waals surface area contributed by atoms with Crippen molar-refractivity contribution in [3.05, 3.63) is 46.2 Å². The average molecular weight is 359 g/mol. The highest BCUT2D eigenvalue weighted by Gasteiger charge is 2.23. The Bertz CT molecular complexity index is 735. The minimum absolute atomic E-state index is 0.125. The van der Waals surface area contributed by atoms with E-state index < -0.39 is 0 Å². The van der Waals surface area contributed by atoms with E-state index >= 15 is 0 Å². The van der Waals surface area contributed by atoms with Crippen LogP contribution in [0.2, 0.25) is 0 Å². The van der Waals surface area contributed by atoms with Crippen molar-refractivity contribution in [3.8, 4) is 11.5 Å². The van der Waals surface area contributed by atoms with Gasteiger partial charge in [0, 0.05) is 32.2 Å². The molecule has 2 aliphatic heterocycles. The molecule has 1 fully saturated rings. The Morgan fingerprint density at radius 3 is 3.04 bits per heavy atom. The smallest absolute Gasteiger partial charge is 0.315 e. The van der Waals surface area contributed by atoms with Crippen LogP contribution in [-0.2, 0) is 13.1 Å². The van der Waals surface area contributed by atoms with Crippen LogP contribution < -0.4 is 20.1 Å². The molecule has 0 saturated carbocycles. The third kappa shape index (κ3) is 4.05. The lowest BCUT2D eigenvalue weighted by Crippen LogP contribution is -2.43. The second-order valence-electron chi connectivity index (χ2n) is 6.37. The van der Waals surface area contributed by atoms with E-state index in [0.717, 1.165) is 43.1 Å². The molecule has 0 aliphatic carbocycles. The second kappa shape index (κ2) is 7.33. The van der Waals surface area contributed by atoms with E-state index in [4.69, 9.17) is 9.47 Å². The molecule has 132 valence electrons. The molecular weight excluding hydrogens is 338 g/mol. The first kappa shape index (κ1) is 16.2. The maximum Gasteiger partial charge on any atom is 0.315 e. The van der Waals surface area contributed by atoms with Gasteiger partial charge in [0.1, 0.15) is 0 Å². The number of ether oxygens (including phenoxy) is 2. The van der Waals surface area contributed by atoms with Crippen molar-refractivity contribution in [2.24, 2.45) is 0 Å². The van der Waals surface area contributed by atoms with Crippen molar-refractivity contribution in [1.82, 2.24) is 15.5 Å². The van der Waals surface area contributed by atoms with Crippen molar-refractivity contribution in [2.45, 2.75) is 25.6 Å².